The number of ether oxygens (including phenoxy) is 2. The maximum Gasteiger partial charge on any atom is 0.407 e. The number of H-pyrrole nitrogens is 2. The highest BCUT2D eigenvalue weighted by Gasteiger charge is 2.42. The predicted molar refractivity (Wildman–Crippen MR) is 243 cm³/mol. The summed E-state index contributed by atoms with van der Waals surface area (Å²) in [6.07, 6.45) is 7.11. The maximum atomic E-state index is 14.3. The van der Waals surface area contributed by atoms with Gasteiger partial charge in [-0.05, 0) is 101 Å². The van der Waals surface area contributed by atoms with E-state index in [0.717, 1.165) is 94.6 Å². The number of aromatic amines is 2. The van der Waals surface area contributed by atoms with E-state index in [0.29, 0.717) is 13.1 Å². The number of carbonyl (C=O) groups is 4. The zero-order valence-electron chi connectivity index (χ0n) is 36.6. The molecule has 6 aromatic rings. The molecule has 14 heteroatoms. The van der Waals surface area contributed by atoms with Crippen LogP contribution in [0.25, 0.3) is 44.4 Å². The van der Waals surface area contributed by atoms with Crippen molar-refractivity contribution in [2.45, 2.75) is 76.5 Å². The van der Waals surface area contributed by atoms with Crippen LogP contribution in [0.2, 0.25) is 0 Å². The summed E-state index contributed by atoms with van der Waals surface area (Å²) in [5, 5.41) is 7.78. The van der Waals surface area contributed by atoms with Gasteiger partial charge in [-0.1, -0.05) is 86.6 Å². The molecular formula is C50H54N8O6. The number of imidazole rings is 2. The Kier molecular flexibility index (Phi) is 11.9. The number of rotatable bonds is 11. The van der Waals surface area contributed by atoms with Crippen LogP contribution in [-0.2, 0) is 31.9 Å². The first-order valence-corrected chi connectivity index (χ1v) is 22.2. The quantitative estimate of drug-likeness (QED) is 0.101. The molecule has 64 heavy (non-hydrogen) atoms. The fourth-order valence-corrected chi connectivity index (χ4v) is 9.82. The number of nitrogens with zero attached hydrogens (tertiary/aromatic N) is 4. The number of carbonyl (C=O) groups excluding carboxylic acids is 4. The molecule has 0 saturated carbocycles. The Labute approximate surface area is 372 Å². The van der Waals surface area contributed by atoms with E-state index in [4.69, 9.17) is 19.4 Å². The van der Waals surface area contributed by atoms with Gasteiger partial charge in [-0.15, -0.1) is 0 Å². The molecule has 2 aliphatic heterocycles. The second-order valence-electron chi connectivity index (χ2n) is 17.5. The van der Waals surface area contributed by atoms with Crippen LogP contribution in [0.3, 0.4) is 0 Å². The Hall–Kier alpha value is -6.96. The largest absolute Gasteiger partial charge is 0.453 e. The summed E-state index contributed by atoms with van der Waals surface area (Å²) < 4.78 is 9.73. The van der Waals surface area contributed by atoms with Crippen LogP contribution in [0.1, 0.15) is 74.4 Å². The van der Waals surface area contributed by atoms with Gasteiger partial charge in [-0.25, -0.2) is 19.6 Å². The lowest BCUT2D eigenvalue weighted by Crippen LogP contribution is -2.52. The van der Waals surface area contributed by atoms with E-state index in [2.05, 4.69) is 93.4 Å². The van der Waals surface area contributed by atoms with Crippen molar-refractivity contribution in [1.29, 1.82) is 0 Å². The number of benzene rings is 4. The number of nitrogens with one attached hydrogen (secondary N) is 4. The van der Waals surface area contributed by atoms with Gasteiger partial charge in [0.2, 0.25) is 11.8 Å². The van der Waals surface area contributed by atoms with Crippen LogP contribution >= 0.6 is 0 Å². The van der Waals surface area contributed by atoms with Crippen molar-refractivity contribution in [3.05, 3.63) is 120 Å². The normalized spacial score (nSPS) is 18.3. The van der Waals surface area contributed by atoms with Crippen LogP contribution < -0.4 is 10.6 Å². The molecular weight excluding hydrogens is 809 g/mol. The Morgan fingerprint density at radius 2 is 1.14 bits per heavy atom. The fourth-order valence-electron chi connectivity index (χ4n) is 9.82. The molecule has 4 heterocycles. The summed E-state index contributed by atoms with van der Waals surface area (Å²) in [6, 6.07) is 27.5. The van der Waals surface area contributed by atoms with Crippen LogP contribution in [0.15, 0.2) is 97.3 Å². The summed E-state index contributed by atoms with van der Waals surface area (Å²) in [6.45, 7) is 5.00. The number of likely N-dealkylation sites (tertiary alicyclic amines) is 2. The van der Waals surface area contributed by atoms with Crippen molar-refractivity contribution in [3.63, 3.8) is 0 Å². The second kappa shape index (κ2) is 18.0. The molecule has 4 N–H and O–H groups in total. The van der Waals surface area contributed by atoms with Crippen molar-refractivity contribution in [2.24, 2.45) is 11.8 Å². The van der Waals surface area contributed by atoms with Crippen molar-refractivity contribution >= 4 is 34.8 Å². The Morgan fingerprint density at radius 1 is 0.641 bits per heavy atom. The second-order valence-corrected chi connectivity index (χ2v) is 17.5. The monoisotopic (exact) mass is 862 g/mol. The third kappa shape index (κ3) is 8.44. The highest BCUT2D eigenvalue weighted by atomic mass is 16.5. The Bertz CT molecular complexity index is 2660. The standard InChI is InChI=1S/C50H54N8O6/c1-29(2)43(55-49(61)63-3)47(59)57-21-7-11-41(57)46-52-28-40(54-46)37-20-19-35-23-34(17-18-36(35)24-37)30-13-15-31(16-14-30)39-27-51-45(53-39)42-12-8-22-58(42)48(60)44(56-50(62)64-4)38-25-32-9-5-6-10-33(32)26-38/h5-6,9-10,13-20,23-24,27-29,38,41-44H,7-8,11-12,21-22,25-26H2,1-4H3,(H,51,53)(H,52,54)(H,55,61)(H,56,62)/t41-,42-,43-,44?/m0/s1. The summed E-state index contributed by atoms with van der Waals surface area (Å²) in [4.78, 5) is 72.5. The Balaban J connectivity index is 0.865. The molecule has 0 radical (unpaired) electrons. The Morgan fingerprint density at radius 3 is 1.72 bits per heavy atom. The summed E-state index contributed by atoms with van der Waals surface area (Å²) in [7, 11) is 2.62. The molecule has 1 unspecified atom stereocenters. The summed E-state index contributed by atoms with van der Waals surface area (Å²) in [5.41, 5.74) is 8.31. The number of hydrogen-bond donors (Lipinski definition) is 4. The molecule has 0 bridgehead atoms. The molecule has 4 aromatic carbocycles. The number of amides is 4. The fraction of sp³-hybridized carbons (Fsp3) is 0.360. The average Bonchev–Trinajstić information content (AvgIpc) is 4.18. The maximum absolute atomic E-state index is 14.3. The average molecular weight is 863 g/mol. The lowest BCUT2D eigenvalue weighted by molar-refractivity contribution is -0.136. The van der Waals surface area contributed by atoms with Gasteiger partial charge in [0.25, 0.3) is 0 Å². The molecule has 1 aliphatic carbocycles. The SMILES string of the molecule is COC(=O)NC(C(=O)N1CCC[C@H]1c1ncc(-c2ccc(-c3ccc4cc(-c5cnc([C@@H]6CCCN6C(=O)[C@@H](NC(=O)OC)C(C)C)[nH]5)ccc4c3)cc2)[nH]1)C1Cc2ccccc2C1. The number of fused-ring (bicyclic) bond motifs is 2. The van der Waals surface area contributed by atoms with Gasteiger partial charge in [-0.3, -0.25) is 9.59 Å². The zero-order valence-corrected chi connectivity index (χ0v) is 36.6. The van der Waals surface area contributed by atoms with Gasteiger partial charge >= 0.3 is 12.2 Å². The smallest absolute Gasteiger partial charge is 0.407 e. The molecule has 0 spiro atoms. The van der Waals surface area contributed by atoms with Crippen molar-refractivity contribution in [1.82, 2.24) is 40.4 Å². The molecule has 14 nitrogen and oxygen atoms in total. The van der Waals surface area contributed by atoms with E-state index in [-0.39, 0.29) is 35.7 Å². The topological polar surface area (TPSA) is 175 Å². The molecule has 9 rings (SSSR count). The number of alkyl carbamates (subject to hydrolysis) is 2. The van der Waals surface area contributed by atoms with E-state index in [9.17, 15) is 19.2 Å². The highest BCUT2D eigenvalue weighted by molar-refractivity contribution is 5.91. The van der Waals surface area contributed by atoms with Gasteiger partial charge in [0.15, 0.2) is 0 Å². The molecule has 2 fully saturated rings. The van der Waals surface area contributed by atoms with E-state index in [1.165, 1.54) is 25.3 Å². The minimum absolute atomic E-state index is 0.0647. The lowest BCUT2D eigenvalue weighted by Gasteiger charge is -2.31. The first kappa shape index (κ1) is 42.3. The number of hydrogen-bond acceptors (Lipinski definition) is 8. The summed E-state index contributed by atoms with van der Waals surface area (Å²) in [5.74, 6) is 1.04. The first-order chi connectivity index (χ1) is 31.1. The third-order valence-electron chi connectivity index (χ3n) is 13.2. The van der Waals surface area contributed by atoms with Crippen LogP contribution in [0.5, 0.6) is 0 Å². The van der Waals surface area contributed by atoms with Crippen molar-refractivity contribution in [3.8, 4) is 33.6 Å². The van der Waals surface area contributed by atoms with E-state index in [1.54, 1.807) is 0 Å². The third-order valence-corrected chi connectivity index (χ3v) is 13.2. The van der Waals surface area contributed by atoms with Crippen LogP contribution in [0.4, 0.5) is 9.59 Å². The predicted octanol–water partition coefficient (Wildman–Crippen LogP) is 8.13. The summed E-state index contributed by atoms with van der Waals surface area (Å²) >= 11 is 0. The number of methoxy groups -OCH3 is 2. The molecule has 3 aliphatic rings. The van der Waals surface area contributed by atoms with E-state index >= 15 is 0 Å². The van der Waals surface area contributed by atoms with Gasteiger partial charge < -0.3 is 39.9 Å². The van der Waals surface area contributed by atoms with Gasteiger partial charge in [0.1, 0.15) is 23.7 Å². The molecule has 330 valence electrons. The first-order valence-electron chi connectivity index (χ1n) is 22.2. The van der Waals surface area contributed by atoms with Crippen molar-refractivity contribution < 1.29 is 28.7 Å². The number of aromatic nitrogens is 4. The molecule has 2 aromatic heterocycles. The van der Waals surface area contributed by atoms with Crippen LogP contribution in [-0.4, -0.2) is 93.1 Å². The lowest BCUT2D eigenvalue weighted by atomic mass is 9.95. The van der Waals surface area contributed by atoms with Gasteiger partial charge in [-0.2, -0.15) is 0 Å². The van der Waals surface area contributed by atoms with E-state index in [1.807, 2.05) is 48.2 Å². The molecule has 2 saturated heterocycles. The van der Waals surface area contributed by atoms with Gasteiger partial charge in [0.05, 0.1) is 50.1 Å². The molecule has 4 amide bonds. The zero-order chi connectivity index (χ0) is 44.5. The van der Waals surface area contributed by atoms with Crippen LogP contribution in [0, 0.1) is 11.8 Å². The minimum atomic E-state index is -0.708. The highest BCUT2D eigenvalue weighted by Crippen LogP contribution is 2.37. The minimum Gasteiger partial charge on any atom is -0.453 e. The van der Waals surface area contributed by atoms with Crippen molar-refractivity contribution in [2.75, 3.05) is 27.3 Å². The molecule has 4 atom stereocenters. The van der Waals surface area contributed by atoms with Gasteiger partial charge in [0, 0.05) is 18.7 Å². The van der Waals surface area contributed by atoms with E-state index < -0.39 is 24.3 Å².